The van der Waals surface area contributed by atoms with E-state index in [0.29, 0.717) is 13.0 Å². The highest BCUT2D eigenvalue weighted by Gasteiger charge is 2.11. The second-order valence-electron chi connectivity index (χ2n) is 4.73. The number of ether oxygens (including phenoxy) is 2. The van der Waals surface area contributed by atoms with Crippen LogP contribution in [0.1, 0.15) is 19.3 Å². The Balaban J connectivity index is 1.90. The SMILES string of the molecule is N#CCCC[C@H](COc1ccccc1)Oc1ccccc1. The fourth-order valence-electron chi connectivity index (χ4n) is 1.98. The zero-order valence-electron chi connectivity index (χ0n) is 11.9. The van der Waals surface area contributed by atoms with Gasteiger partial charge in [-0.15, -0.1) is 0 Å². The topological polar surface area (TPSA) is 42.2 Å². The fourth-order valence-corrected chi connectivity index (χ4v) is 1.98. The van der Waals surface area contributed by atoms with Gasteiger partial charge < -0.3 is 9.47 Å². The zero-order valence-corrected chi connectivity index (χ0v) is 11.9. The number of unbranched alkanes of at least 4 members (excludes halogenated alkanes) is 1. The number of nitriles is 1. The Morgan fingerprint density at radius 2 is 1.52 bits per heavy atom. The molecule has 0 saturated heterocycles. The molecule has 0 spiro atoms. The second-order valence-corrected chi connectivity index (χ2v) is 4.73. The molecule has 0 aliphatic carbocycles. The van der Waals surface area contributed by atoms with E-state index in [1.54, 1.807) is 0 Å². The van der Waals surface area contributed by atoms with Gasteiger partial charge in [0.05, 0.1) is 6.07 Å². The molecular weight excluding hydrogens is 262 g/mol. The Labute approximate surface area is 125 Å². The van der Waals surface area contributed by atoms with E-state index in [4.69, 9.17) is 14.7 Å². The molecule has 2 aromatic rings. The molecule has 0 unspecified atom stereocenters. The average molecular weight is 281 g/mol. The number of para-hydroxylation sites is 2. The minimum atomic E-state index is -0.0547. The Morgan fingerprint density at radius 1 is 0.905 bits per heavy atom. The van der Waals surface area contributed by atoms with Crippen molar-refractivity contribution in [2.75, 3.05) is 6.61 Å². The van der Waals surface area contributed by atoms with Crippen LogP contribution in [0.15, 0.2) is 60.7 Å². The monoisotopic (exact) mass is 281 g/mol. The van der Waals surface area contributed by atoms with Crippen LogP contribution in [0.5, 0.6) is 11.5 Å². The summed E-state index contributed by atoms with van der Waals surface area (Å²) in [5, 5.41) is 8.65. The van der Waals surface area contributed by atoms with Gasteiger partial charge in [0.15, 0.2) is 0 Å². The normalized spacial score (nSPS) is 11.4. The summed E-state index contributed by atoms with van der Waals surface area (Å²) in [6.07, 6.45) is 2.10. The maximum atomic E-state index is 8.65. The highest BCUT2D eigenvalue weighted by molar-refractivity contribution is 5.22. The smallest absolute Gasteiger partial charge is 0.133 e. The molecule has 0 aliphatic rings. The van der Waals surface area contributed by atoms with Gasteiger partial charge in [-0.25, -0.2) is 0 Å². The third-order valence-corrected chi connectivity index (χ3v) is 3.04. The van der Waals surface area contributed by atoms with Crippen LogP contribution in [-0.2, 0) is 0 Å². The van der Waals surface area contributed by atoms with Crippen LogP contribution in [-0.4, -0.2) is 12.7 Å². The first kappa shape index (κ1) is 14.9. The lowest BCUT2D eigenvalue weighted by atomic mass is 10.1. The van der Waals surface area contributed by atoms with Crippen LogP contribution in [0.4, 0.5) is 0 Å². The molecule has 21 heavy (non-hydrogen) atoms. The van der Waals surface area contributed by atoms with Gasteiger partial charge in [-0.3, -0.25) is 0 Å². The standard InChI is InChI=1S/C18H19NO2/c19-14-8-7-13-18(21-17-11-5-2-6-12-17)15-20-16-9-3-1-4-10-16/h1-6,9-12,18H,7-8,13,15H2/t18-/m1/s1. The maximum absolute atomic E-state index is 8.65. The van der Waals surface area contributed by atoms with E-state index < -0.39 is 0 Å². The molecule has 2 aromatic carbocycles. The number of hydrogen-bond acceptors (Lipinski definition) is 3. The van der Waals surface area contributed by atoms with Gasteiger partial charge in [0.25, 0.3) is 0 Å². The molecule has 2 rings (SSSR count). The summed E-state index contributed by atoms with van der Waals surface area (Å²) < 4.78 is 11.7. The molecule has 0 fully saturated rings. The molecule has 0 radical (unpaired) electrons. The quantitative estimate of drug-likeness (QED) is 0.681. The Bertz CT molecular complexity index is 548. The van der Waals surface area contributed by atoms with Gasteiger partial charge in [-0.05, 0) is 37.1 Å². The van der Waals surface area contributed by atoms with E-state index in [0.717, 1.165) is 24.3 Å². The molecular formula is C18H19NO2. The minimum Gasteiger partial charge on any atom is -0.490 e. The second kappa shape index (κ2) is 8.65. The molecule has 1 atom stereocenters. The van der Waals surface area contributed by atoms with Crippen molar-refractivity contribution < 1.29 is 9.47 Å². The van der Waals surface area contributed by atoms with Crippen LogP contribution < -0.4 is 9.47 Å². The first-order valence-corrected chi connectivity index (χ1v) is 7.15. The summed E-state index contributed by atoms with van der Waals surface area (Å²) in [6, 6.07) is 21.6. The van der Waals surface area contributed by atoms with Crippen LogP contribution in [0.2, 0.25) is 0 Å². The van der Waals surface area contributed by atoms with E-state index in [1.165, 1.54) is 0 Å². The fraction of sp³-hybridized carbons (Fsp3) is 0.278. The predicted octanol–water partition coefficient (Wildman–Crippen LogP) is 4.21. The van der Waals surface area contributed by atoms with Crippen molar-refractivity contribution in [3.63, 3.8) is 0 Å². The Hall–Kier alpha value is -2.47. The van der Waals surface area contributed by atoms with Crippen molar-refractivity contribution >= 4 is 0 Å². The largest absolute Gasteiger partial charge is 0.490 e. The summed E-state index contributed by atoms with van der Waals surface area (Å²) >= 11 is 0. The van der Waals surface area contributed by atoms with Gasteiger partial charge >= 0.3 is 0 Å². The molecule has 0 bridgehead atoms. The van der Waals surface area contributed by atoms with Gasteiger partial charge in [-0.2, -0.15) is 5.26 Å². The lowest BCUT2D eigenvalue weighted by Crippen LogP contribution is -2.24. The number of nitrogens with zero attached hydrogens (tertiary/aromatic N) is 1. The van der Waals surface area contributed by atoms with E-state index in [9.17, 15) is 0 Å². The third-order valence-electron chi connectivity index (χ3n) is 3.04. The molecule has 3 nitrogen and oxygen atoms in total. The van der Waals surface area contributed by atoms with E-state index in [2.05, 4.69) is 6.07 Å². The van der Waals surface area contributed by atoms with E-state index >= 15 is 0 Å². The molecule has 0 heterocycles. The van der Waals surface area contributed by atoms with Crippen LogP contribution in [0.25, 0.3) is 0 Å². The number of hydrogen-bond donors (Lipinski definition) is 0. The van der Waals surface area contributed by atoms with Crippen molar-refractivity contribution in [1.82, 2.24) is 0 Å². The molecule has 0 aliphatic heterocycles. The summed E-state index contributed by atoms with van der Waals surface area (Å²) in [7, 11) is 0. The van der Waals surface area contributed by atoms with Gasteiger partial charge in [-0.1, -0.05) is 36.4 Å². The molecule has 0 saturated carbocycles. The van der Waals surface area contributed by atoms with Gasteiger partial charge in [0, 0.05) is 6.42 Å². The Kier molecular flexibility index (Phi) is 6.15. The van der Waals surface area contributed by atoms with Crippen LogP contribution in [0, 0.1) is 11.3 Å². The lowest BCUT2D eigenvalue weighted by Gasteiger charge is -2.19. The maximum Gasteiger partial charge on any atom is 0.133 e. The van der Waals surface area contributed by atoms with Crippen molar-refractivity contribution in [2.24, 2.45) is 0 Å². The summed E-state index contributed by atoms with van der Waals surface area (Å²) in [5.41, 5.74) is 0. The lowest BCUT2D eigenvalue weighted by molar-refractivity contribution is 0.119. The van der Waals surface area contributed by atoms with Crippen LogP contribution in [0.3, 0.4) is 0 Å². The molecule has 108 valence electrons. The molecule has 0 aromatic heterocycles. The third kappa shape index (κ3) is 5.58. The van der Waals surface area contributed by atoms with Crippen molar-refractivity contribution in [3.05, 3.63) is 60.7 Å². The number of rotatable bonds is 8. The van der Waals surface area contributed by atoms with Crippen molar-refractivity contribution in [3.8, 4) is 17.6 Å². The molecule has 0 amide bonds. The summed E-state index contributed by atoms with van der Waals surface area (Å²) in [6.45, 7) is 0.477. The summed E-state index contributed by atoms with van der Waals surface area (Å²) in [4.78, 5) is 0. The molecule has 0 N–H and O–H groups in total. The summed E-state index contributed by atoms with van der Waals surface area (Å²) in [5.74, 6) is 1.66. The van der Waals surface area contributed by atoms with E-state index in [-0.39, 0.29) is 6.10 Å². The Morgan fingerprint density at radius 3 is 2.14 bits per heavy atom. The van der Waals surface area contributed by atoms with E-state index in [1.807, 2.05) is 60.7 Å². The molecule has 3 heteroatoms. The predicted molar refractivity (Wildman–Crippen MR) is 82.3 cm³/mol. The highest BCUT2D eigenvalue weighted by Crippen LogP contribution is 2.16. The number of benzene rings is 2. The van der Waals surface area contributed by atoms with Crippen LogP contribution >= 0.6 is 0 Å². The minimum absolute atomic E-state index is 0.0547. The van der Waals surface area contributed by atoms with Gasteiger partial charge in [0.2, 0.25) is 0 Å². The van der Waals surface area contributed by atoms with Crippen molar-refractivity contribution in [2.45, 2.75) is 25.4 Å². The van der Waals surface area contributed by atoms with Crippen molar-refractivity contribution in [1.29, 1.82) is 5.26 Å². The first-order chi connectivity index (χ1) is 10.4. The average Bonchev–Trinajstić information content (AvgIpc) is 2.54. The highest BCUT2D eigenvalue weighted by atomic mass is 16.5. The van der Waals surface area contributed by atoms with Gasteiger partial charge in [0.1, 0.15) is 24.2 Å². The zero-order chi connectivity index (χ0) is 14.8. The first-order valence-electron chi connectivity index (χ1n) is 7.15.